The number of aromatic amines is 1. The number of aliphatic imine (C=N–C) groups is 1. The number of imidazole rings is 1. The van der Waals surface area contributed by atoms with Crippen molar-refractivity contribution in [1.29, 1.82) is 0 Å². The molecule has 5 heteroatoms. The Hall–Kier alpha value is -1.52. The number of nitrogens with two attached hydrogens (primary N) is 1. The number of aromatic nitrogens is 2. The molecule has 0 aliphatic carbocycles. The van der Waals surface area contributed by atoms with Crippen LogP contribution in [0.2, 0.25) is 0 Å². The molecule has 15 heavy (non-hydrogen) atoms. The van der Waals surface area contributed by atoms with Crippen LogP contribution in [-0.2, 0) is 0 Å². The second-order valence-corrected chi connectivity index (χ2v) is 3.71. The predicted molar refractivity (Wildman–Crippen MR) is 61.5 cm³/mol. The fraction of sp³-hybridized carbons (Fsp3) is 0.600. The summed E-state index contributed by atoms with van der Waals surface area (Å²) in [5, 5.41) is 3.06. The highest BCUT2D eigenvalue weighted by molar-refractivity contribution is 5.78. The largest absolute Gasteiger partial charge is 0.370 e. The molecule has 0 aliphatic heterocycles. The first-order chi connectivity index (χ1) is 7.13. The van der Waals surface area contributed by atoms with Gasteiger partial charge in [0.15, 0.2) is 5.96 Å². The van der Waals surface area contributed by atoms with Crippen molar-refractivity contribution >= 4 is 5.96 Å². The van der Waals surface area contributed by atoms with E-state index in [0.29, 0.717) is 12.0 Å². The molecule has 0 saturated heterocycles. The van der Waals surface area contributed by atoms with Gasteiger partial charge in [-0.05, 0) is 20.3 Å². The van der Waals surface area contributed by atoms with E-state index in [9.17, 15) is 0 Å². The van der Waals surface area contributed by atoms with Gasteiger partial charge in [-0.2, -0.15) is 0 Å². The lowest BCUT2D eigenvalue weighted by molar-refractivity contribution is 0.643. The molecular formula is C10H19N5. The maximum absolute atomic E-state index is 5.75. The molecule has 1 unspecified atom stereocenters. The molecule has 0 saturated carbocycles. The minimum atomic E-state index is 0.00579. The van der Waals surface area contributed by atoms with Crippen LogP contribution < -0.4 is 11.1 Å². The number of hydrogen-bond acceptors (Lipinski definition) is 2. The average Bonchev–Trinajstić information content (AvgIpc) is 2.65. The van der Waals surface area contributed by atoms with E-state index in [0.717, 1.165) is 12.2 Å². The van der Waals surface area contributed by atoms with Gasteiger partial charge in [0, 0.05) is 18.4 Å². The lowest BCUT2D eigenvalue weighted by Crippen LogP contribution is -2.37. The van der Waals surface area contributed by atoms with E-state index in [1.807, 2.05) is 13.8 Å². The van der Waals surface area contributed by atoms with Gasteiger partial charge in [-0.25, -0.2) is 9.98 Å². The number of guanidine groups is 1. The van der Waals surface area contributed by atoms with Crippen LogP contribution in [0.25, 0.3) is 0 Å². The molecule has 0 bridgehead atoms. The Labute approximate surface area is 90.2 Å². The predicted octanol–water partition coefficient (Wildman–Crippen LogP) is 1.17. The molecule has 0 fully saturated rings. The third-order valence-electron chi connectivity index (χ3n) is 1.95. The minimum Gasteiger partial charge on any atom is -0.370 e. The maximum Gasteiger partial charge on any atom is 0.189 e. The summed E-state index contributed by atoms with van der Waals surface area (Å²) in [7, 11) is 0. The summed E-state index contributed by atoms with van der Waals surface area (Å²) in [4.78, 5) is 11.6. The number of nitrogens with one attached hydrogen (secondary N) is 2. The van der Waals surface area contributed by atoms with Gasteiger partial charge in [0.2, 0.25) is 0 Å². The molecule has 1 aromatic rings. The van der Waals surface area contributed by atoms with Crippen molar-refractivity contribution in [3.8, 4) is 0 Å². The fourth-order valence-corrected chi connectivity index (χ4v) is 1.31. The van der Waals surface area contributed by atoms with Crippen LogP contribution in [0.15, 0.2) is 17.4 Å². The maximum atomic E-state index is 5.75. The molecule has 0 amide bonds. The Morgan fingerprint density at radius 2 is 2.40 bits per heavy atom. The smallest absolute Gasteiger partial charge is 0.189 e. The summed E-state index contributed by atoms with van der Waals surface area (Å²) in [5.41, 5.74) is 5.75. The van der Waals surface area contributed by atoms with Gasteiger partial charge in [0.25, 0.3) is 0 Å². The molecule has 1 atom stereocenters. The first kappa shape index (κ1) is 11.6. The highest BCUT2D eigenvalue weighted by atomic mass is 15.1. The summed E-state index contributed by atoms with van der Waals surface area (Å²) >= 11 is 0. The van der Waals surface area contributed by atoms with Crippen molar-refractivity contribution in [3.05, 3.63) is 18.2 Å². The normalized spacial score (nSPS) is 14.3. The summed E-state index contributed by atoms with van der Waals surface area (Å²) in [6, 6.07) is 0.300. The molecule has 0 radical (unpaired) electrons. The summed E-state index contributed by atoms with van der Waals surface area (Å²) in [6.07, 6.45) is 4.38. The van der Waals surface area contributed by atoms with Gasteiger partial charge in [-0.3, -0.25) is 0 Å². The Balaban J connectivity index is 2.68. The first-order valence-electron chi connectivity index (χ1n) is 5.22. The second-order valence-electron chi connectivity index (χ2n) is 3.71. The van der Waals surface area contributed by atoms with Crippen LogP contribution in [0.5, 0.6) is 0 Å². The van der Waals surface area contributed by atoms with E-state index in [1.165, 1.54) is 0 Å². The van der Waals surface area contributed by atoms with Gasteiger partial charge < -0.3 is 16.0 Å². The molecule has 5 nitrogen and oxygen atoms in total. The Kier molecular flexibility index (Phi) is 4.15. The number of rotatable bonds is 4. The monoisotopic (exact) mass is 209 g/mol. The highest BCUT2D eigenvalue weighted by Crippen LogP contribution is 2.15. The van der Waals surface area contributed by atoms with E-state index in [4.69, 9.17) is 5.73 Å². The van der Waals surface area contributed by atoms with Crippen molar-refractivity contribution < 1.29 is 0 Å². The molecule has 4 N–H and O–H groups in total. The molecule has 1 aromatic heterocycles. The van der Waals surface area contributed by atoms with E-state index < -0.39 is 0 Å². The van der Waals surface area contributed by atoms with Gasteiger partial charge >= 0.3 is 0 Å². The third kappa shape index (κ3) is 3.61. The Morgan fingerprint density at radius 3 is 2.87 bits per heavy atom. The number of hydrogen-bond donors (Lipinski definition) is 3. The van der Waals surface area contributed by atoms with Gasteiger partial charge in [-0.1, -0.05) is 6.92 Å². The van der Waals surface area contributed by atoms with Crippen molar-refractivity contribution in [2.75, 3.05) is 0 Å². The molecular weight excluding hydrogens is 190 g/mol. The standard InChI is InChI=1S/C10H19N5/c1-4-8(9-12-5-6-13-9)15-10(11)14-7(2)3/h5-8H,4H2,1-3H3,(H,12,13)(H3,11,14,15). The molecule has 0 spiro atoms. The molecule has 0 aromatic carbocycles. The van der Waals surface area contributed by atoms with Crippen LogP contribution in [0.3, 0.4) is 0 Å². The zero-order valence-corrected chi connectivity index (χ0v) is 9.49. The summed E-state index contributed by atoms with van der Waals surface area (Å²) < 4.78 is 0. The quantitative estimate of drug-likeness (QED) is 0.514. The van der Waals surface area contributed by atoms with E-state index >= 15 is 0 Å². The minimum absolute atomic E-state index is 0.00579. The van der Waals surface area contributed by atoms with Gasteiger partial charge in [0.05, 0.1) is 0 Å². The summed E-state index contributed by atoms with van der Waals surface area (Å²) in [6.45, 7) is 6.10. The van der Waals surface area contributed by atoms with Crippen molar-refractivity contribution in [2.24, 2.45) is 10.7 Å². The lowest BCUT2D eigenvalue weighted by atomic mass is 10.2. The zero-order valence-electron chi connectivity index (χ0n) is 9.49. The number of nitrogens with zero attached hydrogens (tertiary/aromatic N) is 2. The molecule has 84 valence electrons. The van der Waals surface area contributed by atoms with Crippen LogP contribution in [0.1, 0.15) is 39.1 Å². The summed E-state index contributed by atoms with van der Waals surface area (Å²) in [5.74, 6) is 1.32. The van der Waals surface area contributed by atoms with Crippen molar-refractivity contribution in [1.82, 2.24) is 15.3 Å². The topological polar surface area (TPSA) is 79.1 Å². The fourth-order valence-electron chi connectivity index (χ4n) is 1.31. The van der Waals surface area contributed by atoms with Crippen LogP contribution in [0, 0.1) is 0 Å². The highest BCUT2D eigenvalue weighted by Gasteiger charge is 2.10. The van der Waals surface area contributed by atoms with Crippen LogP contribution in [-0.4, -0.2) is 22.0 Å². The van der Waals surface area contributed by atoms with Crippen molar-refractivity contribution in [2.45, 2.75) is 39.3 Å². The SMILES string of the molecule is CCC(N=C(N)NC(C)C)c1ncc[nH]1. The number of H-pyrrole nitrogens is 1. The van der Waals surface area contributed by atoms with Gasteiger partial charge in [-0.15, -0.1) is 0 Å². The Morgan fingerprint density at radius 1 is 1.67 bits per heavy atom. The van der Waals surface area contributed by atoms with Crippen molar-refractivity contribution in [3.63, 3.8) is 0 Å². The van der Waals surface area contributed by atoms with E-state index in [2.05, 4.69) is 27.2 Å². The zero-order chi connectivity index (χ0) is 11.3. The second kappa shape index (κ2) is 5.38. The van der Waals surface area contributed by atoms with Crippen LogP contribution in [0.4, 0.5) is 0 Å². The average molecular weight is 209 g/mol. The Bertz CT molecular complexity index is 302. The lowest BCUT2D eigenvalue weighted by Gasteiger charge is -2.12. The van der Waals surface area contributed by atoms with Crippen LogP contribution >= 0.6 is 0 Å². The van der Waals surface area contributed by atoms with Gasteiger partial charge in [0.1, 0.15) is 11.9 Å². The first-order valence-corrected chi connectivity index (χ1v) is 5.22. The molecule has 0 aliphatic rings. The van der Waals surface area contributed by atoms with E-state index in [1.54, 1.807) is 12.4 Å². The van der Waals surface area contributed by atoms with E-state index in [-0.39, 0.29) is 6.04 Å². The third-order valence-corrected chi connectivity index (χ3v) is 1.95. The molecule has 1 rings (SSSR count). The molecule has 1 heterocycles.